The first-order chi connectivity index (χ1) is 13.4. The highest BCUT2D eigenvalue weighted by molar-refractivity contribution is 5.71. The highest BCUT2D eigenvalue weighted by atomic mass is 16.5. The van der Waals surface area contributed by atoms with Crippen LogP contribution in [0.4, 0.5) is 0 Å². The molecule has 4 heteroatoms. The Balaban J connectivity index is 1.72. The zero-order valence-electron chi connectivity index (χ0n) is 17.4. The van der Waals surface area contributed by atoms with Crippen molar-refractivity contribution in [1.29, 1.82) is 0 Å². The zero-order valence-corrected chi connectivity index (χ0v) is 17.4. The third-order valence-corrected chi connectivity index (χ3v) is 7.22. The average molecular weight is 387 g/mol. The van der Waals surface area contributed by atoms with Crippen molar-refractivity contribution in [2.75, 3.05) is 0 Å². The standard InChI is InChI=1S/C24H34O4/c1-4-9-15-12-8-13-17-21(15)28-24(2,3)19-14-18(23(25)26)20(27-22(17)19)16-10-6-5-7-11-16/h8,12-13,16,18-20,22H,4-7,9-11,14H2,1-3H3,(H,25,26)/t18-,19-,20-,22+/m0/s1. The van der Waals surface area contributed by atoms with Gasteiger partial charge in [0, 0.05) is 11.5 Å². The molecule has 0 bridgehead atoms. The molecule has 154 valence electrons. The van der Waals surface area contributed by atoms with Gasteiger partial charge in [-0.2, -0.15) is 0 Å². The van der Waals surface area contributed by atoms with Crippen molar-refractivity contribution in [3.8, 4) is 5.75 Å². The number of ether oxygens (including phenoxy) is 2. The number of carbonyl (C=O) groups is 1. The number of aryl methyl sites for hydroxylation is 1. The topological polar surface area (TPSA) is 55.8 Å². The van der Waals surface area contributed by atoms with Gasteiger partial charge in [-0.15, -0.1) is 0 Å². The third-order valence-electron chi connectivity index (χ3n) is 7.22. The van der Waals surface area contributed by atoms with Crippen molar-refractivity contribution in [2.45, 2.75) is 89.9 Å². The molecule has 0 aromatic heterocycles. The van der Waals surface area contributed by atoms with E-state index in [1.54, 1.807) is 0 Å². The number of hydrogen-bond donors (Lipinski definition) is 1. The highest BCUT2D eigenvalue weighted by Crippen LogP contribution is 2.54. The molecular formula is C24H34O4. The number of hydrogen-bond acceptors (Lipinski definition) is 3. The van der Waals surface area contributed by atoms with Crippen LogP contribution in [0.2, 0.25) is 0 Å². The van der Waals surface area contributed by atoms with Gasteiger partial charge in [-0.3, -0.25) is 4.79 Å². The Bertz CT molecular complexity index is 719. The lowest BCUT2D eigenvalue weighted by Crippen LogP contribution is -2.54. The van der Waals surface area contributed by atoms with E-state index in [2.05, 4.69) is 39.0 Å². The summed E-state index contributed by atoms with van der Waals surface area (Å²) >= 11 is 0. The lowest BCUT2D eigenvalue weighted by molar-refractivity contribution is -0.200. The number of fused-ring (bicyclic) bond motifs is 3. The van der Waals surface area contributed by atoms with E-state index >= 15 is 0 Å². The van der Waals surface area contributed by atoms with Crippen molar-refractivity contribution in [3.05, 3.63) is 29.3 Å². The fraction of sp³-hybridized carbons (Fsp3) is 0.708. The Labute approximate surface area is 168 Å². The summed E-state index contributed by atoms with van der Waals surface area (Å²) in [5, 5.41) is 9.99. The lowest BCUT2D eigenvalue weighted by atomic mass is 9.68. The normalized spacial score (nSPS) is 32.1. The first-order valence-corrected chi connectivity index (χ1v) is 11.1. The Hall–Kier alpha value is -1.55. The van der Waals surface area contributed by atoms with Gasteiger partial charge in [0.05, 0.1) is 18.1 Å². The lowest BCUT2D eigenvalue weighted by Gasteiger charge is -2.52. The quantitative estimate of drug-likeness (QED) is 0.738. The van der Waals surface area contributed by atoms with Crippen LogP contribution in [0.5, 0.6) is 5.75 Å². The molecule has 4 nitrogen and oxygen atoms in total. The van der Waals surface area contributed by atoms with Gasteiger partial charge in [-0.25, -0.2) is 0 Å². The van der Waals surface area contributed by atoms with Gasteiger partial charge >= 0.3 is 5.97 Å². The van der Waals surface area contributed by atoms with E-state index in [0.29, 0.717) is 12.3 Å². The van der Waals surface area contributed by atoms with Gasteiger partial charge in [0.2, 0.25) is 0 Å². The molecule has 2 fully saturated rings. The van der Waals surface area contributed by atoms with Crippen molar-refractivity contribution in [2.24, 2.45) is 17.8 Å². The largest absolute Gasteiger partial charge is 0.487 e. The van der Waals surface area contributed by atoms with Crippen molar-refractivity contribution >= 4 is 5.97 Å². The fourth-order valence-corrected chi connectivity index (χ4v) is 5.73. The molecule has 0 unspecified atom stereocenters. The summed E-state index contributed by atoms with van der Waals surface area (Å²) in [7, 11) is 0. The summed E-state index contributed by atoms with van der Waals surface area (Å²) in [4.78, 5) is 12.2. The summed E-state index contributed by atoms with van der Waals surface area (Å²) in [6.45, 7) is 6.38. The molecular weight excluding hydrogens is 352 g/mol. The predicted molar refractivity (Wildman–Crippen MR) is 109 cm³/mol. The number of benzene rings is 1. The molecule has 1 aromatic carbocycles. The molecule has 2 aliphatic heterocycles. The minimum atomic E-state index is -0.713. The van der Waals surface area contributed by atoms with Crippen LogP contribution in [0, 0.1) is 17.8 Å². The van der Waals surface area contributed by atoms with Crippen molar-refractivity contribution in [3.63, 3.8) is 0 Å². The zero-order chi connectivity index (χ0) is 19.9. The SMILES string of the molecule is CCCc1cccc2c1OC(C)(C)[C@H]1C[C@H](C(=O)O)[C@H](C3CCCCC3)O[C@H]21. The predicted octanol–water partition coefficient (Wildman–Crippen LogP) is 5.54. The maximum Gasteiger partial charge on any atom is 0.309 e. The number of rotatable bonds is 4. The number of para-hydroxylation sites is 1. The second-order valence-electron chi connectivity index (χ2n) is 9.50. The highest BCUT2D eigenvalue weighted by Gasteiger charge is 2.53. The second kappa shape index (κ2) is 7.70. The molecule has 28 heavy (non-hydrogen) atoms. The molecule has 1 aromatic rings. The second-order valence-corrected chi connectivity index (χ2v) is 9.50. The summed E-state index contributed by atoms with van der Waals surface area (Å²) < 4.78 is 13.2. The Morgan fingerprint density at radius 3 is 2.64 bits per heavy atom. The van der Waals surface area contributed by atoms with Crippen LogP contribution in [0.25, 0.3) is 0 Å². The van der Waals surface area contributed by atoms with E-state index in [-0.39, 0.29) is 18.1 Å². The molecule has 0 amide bonds. The summed E-state index contributed by atoms with van der Waals surface area (Å²) in [6, 6.07) is 6.38. The molecule has 1 aliphatic carbocycles. The Morgan fingerprint density at radius 2 is 1.96 bits per heavy atom. The van der Waals surface area contributed by atoms with Gasteiger partial charge in [0.15, 0.2) is 0 Å². The average Bonchev–Trinajstić information content (AvgIpc) is 2.68. The van der Waals surface area contributed by atoms with Gasteiger partial charge in [0.25, 0.3) is 0 Å². The molecule has 4 rings (SSSR count). The monoisotopic (exact) mass is 386 g/mol. The van der Waals surface area contributed by atoms with Crippen LogP contribution < -0.4 is 4.74 Å². The fourth-order valence-electron chi connectivity index (χ4n) is 5.73. The van der Waals surface area contributed by atoms with E-state index in [1.807, 2.05) is 0 Å². The van der Waals surface area contributed by atoms with Crippen LogP contribution in [-0.4, -0.2) is 22.8 Å². The Kier molecular flexibility index (Phi) is 5.43. The smallest absolute Gasteiger partial charge is 0.309 e. The molecule has 4 atom stereocenters. The summed E-state index contributed by atoms with van der Waals surface area (Å²) in [6.07, 6.45) is 8.26. The van der Waals surface area contributed by atoms with Crippen LogP contribution in [0.3, 0.4) is 0 Å². The molecule has 3 aliphatic rings. The maximum atomic E-state index is 12.2. The number of aliphatic carboxylic acids is 1. The minimum Gasteiger partial charge on any atom is -0.487 e. The minimum absolute atomic E-state index is 0.0535. The van der Waals surface area contributed by atoms with Crippen molar-refractivity contribution in [1.82, 2.24) is 0 Å². The van der Waals surface area contributed by atoms with Crippen LogP contribution >= 0.6 is 0 Å². The van der Waals surface area contributed by atoms with Gasteiger partial charge in [-0.1, -0.05) is 50.8 Å². The molecule has 0 spiro atoms. The number of carboxylic acid groups (broad SMARTS) is 1. The molecule has 2 heterocycles. The molecule has 1 N–H and O–H groups in total. The van der Waals surface area contributed by atoms with Crippen LogP contribution in [0.1, 0.15) is 82.9 Å². The van der Waals surface area contributed by atoms with E-state index in [9.17, 15) is 9.90 Å². The first kappa shape index (κ1) is 19.8. The van der Waals surface area contributed by atoms with Crippen molar-refractivity contribution < 1.29 is 19.4 Å². The molecule has 1 saturated carbocycles. The van der Waals surface area contributed by atoms with E-state index in [4.69, 9.17) is 9.47 Å². The summed E-state index contributed by atoms with van der Waals surface area (Å²) in [5.74, 6) is 0.247. The van der Waals surface area contributed by atoms with E-state index in [0.717, 1.165) is 37.0 Å². The third kappa shape index (κ3) is 3.45. The maximum absolute atomic E-state index is 12.2. The number of carboxylic acids is 1. The Morgan fingerprint density at radius 1 is 1.21 bits per heavy atom. The summed E-state index contributed by atoms with van der Waals surface area (Å²) in [5.41, 5.74) is 1.93. The van der Waals surface area contributed by atoms with Gasteiger partial charge in [-0.05, 0) is 51.0 Å². The first-order valence-electron chi connectivity index (χ1n) is 11.1. The van der Waals surface area contributed by atoms with Crippen LogP contribution in [-0.2, 0) is 16.0 Å². The van der Waals surface area contributed by atoms with E-state index < -0.39 is 17.5 Å². The molecule has 0 radical (unpaired) electrons. The van der Waals surface area contributed by atoms with Crippen LogP contribution in [0.15, 0.2) is 18.2 Å². The van der Waals surface area contributed by atoms with Gasteiger partial charge in [0.1, 0.15) is 11.4 Å². The van der Waals surface area contributed by atoms with E-state index in [1.165, 1.54) is 24.8 Å². The van der Waals surface area contributed by atoms with Gasteiger partial charge < -0.3 is 14.6 Å². The molecule has 1 saturated heterocycles.